The molecule has 136 valence electrons. The van der Waals surface area contributed by atoms with Crippen molar-refractivity contribution in [1.29, 1.82) is 0 Å². The Balaban J connectivity index is 1.48. The highest BCUT2D eigenvalue weighted by Crippen LogP contribution is 2.19. The third-order valence-electron chi connectivity index (χ3n) is 4.51. The molecule has 0 unspecified atom stereocenters. The van der Waals surface area contributed by atoms with Crippen LogP contribution in [0.5, 0.6) is 0 Å². The number of nitrogens with zero attached hydrogens (tertiary/aromatic N) is 4. The van der Waals surface area contributed by atoms with Crippen molar-refractivity contribution in [2.75, 3.05) is 36.8 Å². The largest absolute Gasteiger partial charge is 0.340 e. The highest BCUT2D eigenvalue weighted by molar-refractivity contribution is 7.97. The lowest BCUT2D eigenvalue weighted by atomic mass is 10.2. The van der Waals surface area contributed by atoms with Crippen LogP contribution in [0.3, 0.4) is 0 Å². The van der Waals surface area contributed by atoms with Gasteiger partial charge in [0.15, 0.2) is 5.52 Å². The summed E-state index contributed by atoms with van der Waals surface area (Å²) in [6.45, 7) is 6.01. The first-order valence-electron chi connectivity index (χ1n) is 9.26. The molecule has 0 radical (unpaired) electrons. The number of piperazine rings is 1. The summed E-state index contributed by atoms with van der Waals surface area (Å²) in [7, 11) is 0. The number of nitrogens with one attached hydrogen (secondary N) is 1. The van der Waals surface area contributed by atoms with Crippen LogP contribution >= 0.6 is 11.9 Å². The van der Waals surface area contributed by atoms with Crippen LogP contribution in [0, 0.1) is 0 Å². The first-order valence-corrected chi connectivity index (χ1v) is 10.2. The van der Waals surface area contributed by atoms with E-state index in [4.69, 9.17) is 0 Å². The summed E-state index contributed by atoms with van der Waals surface area (Å²) in [6.07, 6.45) is 8.29. The smallest absolute Gasteiger partial charge is 0.278 e. The second kappa shape index (κ2) is 9.20. The van der Waals surface area contributed by atoms with Gasteiger partial charge in [-0.2, -0.15) is 0 Å². The third kappa shape index (κ3) is 4.95. The lowest BCUT2D eigenvalue weighted by Crippen LogP contribution is -2.44. The minimum atomic E-state index is -0.163. The van der Waals surface area contributed by atoms with Crippen molar-refractivity contribution in [2.24, 2.45) is 0 Å². The number of aromatic nitrogens is 3. The highest BCUT2D eigenvalue weighted by Gasteiger charge is 2.19. The molecule has 25 heavy (non-hydrogen) atoms. The number of unbranched alkanes of at least 4 members (excludes halogenated alkanes) is 4. The van der Waals surface area contributed by atoms with Crippen LogP contribution in [0.4, 0.5) is 5.95 Å². The number of pyridine rings is 1. The molecule has 7 heteroatoms. The molecule has 6 nitrogen and oxygen atoms in total. The lowest BCUT2D eigenvalue weighted by Gasteiger charge is -2.34. The van der Waals surface area contributed by atoms with Crippen LogP contribution < -0.4 is 10.5 Å². The Morgan fingerprint density at radius 2 is 1.96 bits per heavy atom. The van der Waals surface area contributed by atoms with Gasteiger partial charge in [-0.1, -0.05) is 44.6 Å². The van der Waals surface area contributed by atoms with Crippen LogP contribution in [0.1, 0.15) is 39.0 Å². The van der Waals surface area contributed by atoms with Gasteiger partial charge in [0.05, 0.1) is 5.52 Å². The van der Waals surface area contributed by atoms with Gasteiger partial charge in [0.2, 0.25) is 5.95 Å². The van der Waals surface area contributed by atoms with E-state index in [0.29, 0.717) is 17.0 Å². The van der Waals surface area contributed by atoms with E-state index in [1.54, 1.807) is 6.20 Å². The van der Waals surface area contributed by atoms with Crippen molar-refractivity contribution in [3.8, 4) is 0 Å². The topological polar surface area (TPSA) is 65.1 Å². The molecular weight excluding hydrogens is 334 g/mol. The Hall–Kier alpha value is -1.60. The van der Waals surface area contributed by atoms with Gasteiger partial charge in [0.1, 0.15) is 0 Å². The summed E-state index contributed by atoms with van der Waals surface area (Å²) in [5, 5.41) is 0. The fourth-order valence-corrected chi connectivity index (χ4v) is 4.06. The Morgan fingerprint density at radius 1 is 1.16 bits per heavy atom. The summed E-state index contributed by atoms with van der Waals surface area (Å²) in [6, 6.07) is 3.65. The number of fused-ring (bicyclic) bond motifs is 1. The Kier molecular flexibility index (Phi) is 6.69. The lowest BCUT2D eigenvalue weighted by molar-refractivity contribution is 0.425. The predicted molar refractivity (Wildman–Crippen MR) is 105 cm³/mol. The van der Waals surface area contributed by atoms with E-state index < -0.39 is 0 Å². The van der Waals surface area contributed by atoms with Crippen LogP contribution in [0.25, 0.3) is 11.0 Å². The third-order valence-corrected chi connectivity index (χ3v) is 5.71. The van der Waals surface area contributed by atoms with E-state index >= 15 is 0 Å². The van der Waals surface area contributed by atoms with Crippen molar-refractivity contribution in [1.82, 2.24) is 19.3 Å². The minimum absolute atomic E-state index is 0.163. The van der Waals surface area contributed by atoms with Crippen molar-refractivity contribution in [2.45, 2.75) is 39.0 Å². The number of aromatic amines is 1. The fourth-order valence-electron chi connectivity index (χ4n) is 3.04. The number of rotatable bonds is 8. The SMILES string of the molecule is CCCCCCCSN1CCN(c2nc3cccnc3c(=O)[nH]2)CC1. The molecule has 0 saturated carbocycles. The summed E-state index contributed by atoms with van der Waals surface area (Å²) < 4.78 is 2.44. The van der Waals surface area contributed by atoms with Gasteiger partial charge >= 0.3 is 0 Å². The first kappa shape index (κ1) is 18.2. The molecule has 0 bridgehead atoms. The maximum absolute atomic E-state index is 12.2. The molecule has 1 aliphatic heterocycles. The molecule has 1 saturated heterocycles. The molecule has 0 aromatic carbocycles. The summed E-state index contributed by atoms with van der Waals surface area (Å²) in [4.78, 5) is 25.9. The molecule has 0 spiro atoms. The van der Waals surface area contributed by atoms with Gasteiger partial charge in [-0.15, -0.1) is 0 Å². The maximum atomic E-state index is 12.2. The Labute approximate surface area is 153 Å². The second-order valence-electron chi connectivity index (χ2n) is 6.42. The van der Waals surface area contributed by atoms with Gasteiger partial charge < -0.3 is 4.90 Å². The Morgan fingerprint density at radius 3 is 2.76 bits per heavy atom. The molecular formula is C18H27N5OS. The van der Waals surface area contributed by atoms with Crippen LogP contribution in [-0.2, 0) is 0 Å². The average Bonchev–Trinajstić information content (AvgIpc) is 2.65. The van der Waals surface area contributed by atoms with Crippen LogP contribution in [0.15, 0.2) is 23.1 Å². The van der Waals surface area contributed by atoms with Gasteiger partial charge in [-0.3, -0.25) is 9.78 Å². The molecule has 1 aliphatic rings. The number of H-pyrrole nitrogens is 1. The van der Waals surface area contributed by atoms with E-state index in [1.807, 2.05) is 24.1 Å². The summed E-state index contributed by atoms with van der Waals surface area (Å²) >= 11 is 1.96. The van der Waals surface area contributed by atoms with Crippen molar-refractivity contribution < 1.29 is 0 Å². The normalized spacial score (nSPS) is 15.8. The maximum Gasteiger partial charge on any atom is 0.278 e. The standard InChI is InChI=1S/C18H27N5OS/c1-2-3-4-5-6-14-25-23-12-10-22(11-13-23)18-20-15-8-7-9-19-16(15)17(24)21-18/h7-9H,2-6,10-14H2,1H3,(H,20,21,24). The fraction of sp³-hybridized carbons (Fsp3) is 0.611. The first-order chi connectivity index (χ1) is 12.3. The van der Waals surface area contributed by atoms with E-state index in [1.165, 1.54) is 37.9 Å². The zero-order valence-corrected chi connectivity index (χ0v) is 15.7. The molecule has 1 N–H and O–H groups in total. The molecule has 3 rings (SSSR count). The zero-order chi connectivity index (χ0) is 17.5. The number of hydrogen-bond acceptors (Lipinski definition) is 6. The van der Waals surface area contributed by atoms with Crippen molar-refractivity contribution in [3.63, 3.8) is 0 Å². The van der Waals surface area contributed by atoms with E-state index in [0.717, 1.165) is 26.2 Å². The van der Waals surface area contributed by atoms with Gasteiger partial charge in [0, 0.05) is 38.1 Å². The average molecular weight is 362 g/mol. The molecule has 0 aliphatic carbocycles. The zero-order valence-electron chi connectivity index (χ0n) is 14.9. The summed E-state index contributed by atoms with van der Waals surface area (Å²) in [5.41, 5.74) is 0.901. The minimum Gasteiger partial charge on any atom is -0.340 e. The van der Waals surface area contributed by atoms with Crippen LogP contribution in [-0.4, -0.2) is 51.2 Å². The molecule has 2 aromatic heterocycles. The number of hydrogen-bond donors (Lipinski definition) is 1. The van der Waals surface area contributed by atoms with E-state index in [9.17, 15) is 4.79 Å². The second-order valence-corrected chi connectivity index (χ2v) is 7.61. The molecule has 2 aromatic rings. The monoisotopic (exact) mass is 361 g/mol. The van der Waals surface area contributed by atoms with Gasteiger partial charge in [-0.25, -0.2) is 14.3 Å². The van der Waals surface area contributed by atoms with Gasteiger partial charge in [0.25, 0.3) is 5.56 Å². The quantitative estimate of drug-likeness (QED) is 0.576. The Bertz CT molecular complexity index is 727. The summed E-state index contributed by atoms with van der Waals surface area (Å²) in [5.74, 6) is 1.87. The molecule has 0 amide bonds. The van der Waals surface area contributed by atoms with Crippen molar-refractivity contribution in [3.05, 3.63) is 28.7 Å². The van der Waals surface area contributed by atoms with Crippen molar-refractivity contribution >= 4 is 28.9 Å². The molecule has 1 fully saturated rings. The number of anilines is 1. The van der Waals surface area contributed by atoms with Crippen LogP contribution in [0.2, 0.25) is 0 Å². The van der Waals surface area contributed by atoms with Gasteiger partial charge in [-0.05, 0) is 18.6 Å². The van der Waals surface area contributed by atoms with E-state index in [-0.39, 0.29) is 5.56 Å². The highest BCUT2D eigenvalue weighted by atomic mass is 32.2. The molecule has 0 atom stereocenters. The van der Waals surface area contributed by atoms with E-state index in [2.05, 4.69) is 31.1 Å². The predicted octanol–water partition coefficient (Wildman–Crippen LogP) is 3.06. The molecule has 3 heterocycles.